The molecule has 3 aromatic rings. The summed E-state index contributed by atoms with van der Waals surface area (Å²) in [5.41, 5.74) is 2.04. The molecule has 1 saturated heterocycles. The summed E-state index contributed by atoms with van der Waals surface area (Å²) in [4.78, 5) is 42.2. The predicted octanol–water partition coefficient (Wildman–Crippen LogP) is 3.99. The number of carbonyl (C=O) groups is 3. The third-order valence-electron chi connectivity index (χ3n) is 6.57. The Hall–Kier alpha value is -3.61. The van der Waals surface area contributed by atoms with Crippen molar-refractivity contribution in [2.45, 2.75) is 45.3 Å². The fraction of sp³-hybridized carbons (Fsp3) is 0.320. The zero-order chi connectivity index (χ0) is 22.5. The highest BCUT2D eigenvalue weighted by Crippen LogP contribution is 2.43. The number of rotatable bonds is 5. The summed E-state index contributed by atoms with van der Waals surface area (Å²) < 4.78 is 2.19. The van der Waals surface area contributed by atoms with E-state index in [-0.39, 0.29) is 24.3 Å². The minimum Gasteiger partial charge on any atom is -0.347 e. The van der Waals surface area contributed by atoms with Gasteiger partial charge in [0, 0.05) is 35.8 Å². The topological polar surface area (TPSA) is 74.7 Å². The van der Waals surface area contributed by atoms with Gasteiger partial charge in [0.25, 0.3) is 5.91 Å². The summed E-state index contributed by atoms with van der Waals surface area (Å²) >= 11 is 0. The number of benzene rings is 2. The summed E-state index contributed by atoms with van der Waals surface area (Å²) in [5.74, 6) is -0.540. The van der Waals surface area contributed by atoms with Crippen LogP contribution in [0, 0.1) is 0 Å². The average molecular weight is 431 g/mol. The van der Waals surface area contributed by atoms with E-state index in [4.69, 9.17) is 0 Å². The number of aromatic nitrogens is 1. The smallest absolute Gasteiger partial charge is 0.258 e. The second kappa shape index (κ2) is 7.51. The van der Waals surface area contributed by atoms with Crippen LogP contribution in [0.2, 0.25) is 0 Å². The van der Waals surface area contributed by atoms with Gasteiger partial charge >= 0.3 is 0 Å². The van der Waals surface area contributed by atoms with E-state index in [2.05, 4.69) is 23.0 Å². The standard InChI is InChI=1S/C25H26N4O3/c1-3-13-27-14-11-17-15-18(8-9-20(17)27)26-22(30)16-28-24(32)19-6-4-5-7-21(19)29-23(31)10-12-25(28,29)2/h4-9,11,14-15H,3,10,12-13,16H2,1-2H3,(H,26,30). The maximum atomic E-state index is 13.3. The number of hydrogen-bond acceptors (Lipinski definition) is 3. The van der Waals surface area contributed by atoms with E-state index in [0.717, 1.165) is 23.9 Å². The first-order valence-electron chi connectivity index (χ1n) is 11.0. The van der Waals surface area contributed by atoms with Gasteiger partial charge in [-0.05, 0) is 56.2 Å². The number of carbonyl (C=O) groups excluding carboxylic acids is 3. The Balaban J connectivity index is 1.40. The Morgan fingerprint density at radius 3 is 2.75 bits per heavy atom. The zero-order valence-electron chi connectivity index (χ0n) is 18.3. The first-order chi connectivity index (χ1) is 15.4. The van der Waals surface area contributed by atoms with Crippen LogP contribution in [0.25, 0.3) is 10.9 Å². The maximum absolute atomic E-state index is 13.3. The average Bonchev–Trinajstić information content (AvgIpc) is 3.32. The van der Waals surface area contributed by atoms with Crippen LogP contribution in [0.3, 0.4) is 0 Å². The Labute approximate surface area is 186 Å². The number of nitrogens with one attached hydrogen (secondary N) is 1. The molecule has 1 unspecified atom stereocenters. The van der Waals surface area contributed by atoms with Crippen molar-refractivity contribution in [3.63, 3.8) is 0 Å². The second-order valence-electron chi connectivity index (χ2n) is 8.69. The third kappa shape index (κ3) is 3.07. The first-order valence-corrected chi connectivity index (χ1v) is 11.0. The fourth-order valence-electron chi connectivity index (χ4n) is 5.00. The minimum absolute atomic E-state index is 0.0279. The molecule has 0 spiro atoms. The van der Waals surface area contributed by atoms with Gasteiger partial charge in [0.1, 0.15) is 12.2 Å². The summed E-state index contributed by atoms with van der Waals surface area (Å²) in [6.45, 7) is 4.83. The number of amides is 3. The van der Waals surface area contributed by atoms with Gasteiger partial charge in [0.05, 0.1) is 11.3 Å². The number of anilines is 2. The molecule has 7 heteroatoms. The number of para-hydroxylation sites is 1. The highest BCUT2D eigenvalue weighted by Gasteiger charge is 2.53. The molecular weight excluding hydrogens is 404 g/mol. The Morgan fingerprint density at radius 2 is 1.94 bits per heavy atom. The molecule has 1 aromatic heterocycles. The van der Waals surface area contributed by atoms with Crippen LogP contribution in [0.15, 0.2) is 54.7 Å². The fourth-order valence-corrected chi connectivity index (χ4v) is 5.00. The van der Waals surface area contributed by atoms with E-state index < -0.39 is 5.66 Å². The lowest BCUT2D eigenvalue weighted by Gasteiger charge is -2.48. The quantitative estimate of drug-likeness (QED) is 0.665. The number of aryl methyl sites for hydroxylation is 1. The third-order valence-corrected chi connectivity index (χ3v) is 6.57. The van der Waals surface area contributed by atoms with Crippen molar-refractivity contribution in [2.24, 2.45) is 0 Å². The van der Waals surface area contributed by atoms with Gasteiger partial charge in [-0.15, -0.1) is 0 Å². The van der Waals surface area contributed by atoms with Crippen molar-refractivity contribution < 1.29 is 14.4 Å². The highest BCUT2D eigenvalue weighted by molar-refractivity contribution is 6.11. The van der Waals surface area contributed by atoms with E-state index in [0.29, 0.717) is 29.8 Å². The van der Waals surface area contributed by atoms with Crippen LogP contribution >= 0.6 is 0 Å². The molecular formula is C25H26N4O3. The van der Waals surface area contributed by atoms with Crippen molar-refractivity contribution in [1.29, 1.82) is 0 Å². The van der Waals surface area contributed by atoms with Gasteiger partial charge in [0.2, 0.25) is 11.8 Å². The monoisotopic (exact) mass is 430 g/mol. The van der Waals surface area contributed by atoms with Crippen molar-refractivity contribution in [2.75, 3.05) is 16.8 Å². The largest absolute Gasteiger partial charge is 0.347 e. The van der Waals surface area contributed by atoms with Crippen molar-refractivity contribution >= 4 is 40.0 Å². The van der Waals surface area contributed by atoms with Gasteiger partial charge in [-0.3, -0.25) is 19.3 Å². The molecule has 0 radical (unpaired) electrons. The molecule has 1 N–H and O–H groups in total. The molecule has 0 saturated carbocycles. The molecule has 1 fully saturated rings. The minimum atomic E-state index is -0.846. The van der Waals surface area contributed by atoms with Gasteiger partial charge in [-0.2, -0.15) is 0 Å². The van der Waals surface area contributed by atoms with E-state index in [1.165, 1.54) is 4.90 Å². The molecule has 5 rings (SSSR count). The molecule has 0 aliphatic carbocycles. The molecule has 7 nitrogen and oxygen atoms in total. The molecule has 3 amide bonds. The number of hydrogen-bond donors (Lipinski definition) is 1. The van der Waals surface area contributed by atoms with Crippen LogP contribution in [0.4, 0.5) is 11.4 Å². The van der Waals surface area contributed by atoms with Gasteiger partial charge in [-0.25, -0.2) is 0 Å². The summed E-state index contributed by atoms with van der Waals surface area (Å²) in [6, 6.07) is 15.0. The van der Waals surface area contributed by atoms with Crippen molar-refractivity contribution in [3.05, 3.63) is 60.3 Å². The Morgan fingerprint density at radius 1 is 1.12 bits per heavy atom. The lowest BCUT2D eigenvalue weighted by Crippen LogP contribution is -2.63. The van der Waals surface area contributed by atoms with E-state index >= 15 is 0 Å². The van der Waals surface area contributed by atoms with Crippen LogP contribution < -0.4 is 10.2 Å². The molecule has 2 aliphatic heterocycles. The molecule has 164 valence electrons. The molecule has 32 heavy (non-hydrogen) atoms. The Kier molecular flexibility index (Phi) is 4.77. The van der Waals surface area contributed by atoms with Crippen LogP contribution in [-0.4, -0.2) is 39.4 Å². The van der Waals surface area contributed by atoms with Crippen LogP contribution in [0.5, 0.6) is 0 Å². The summed E-state index contributed by atoms with van der Waals surface area (Å²) in [5, 5.41) is 3.98. The highest BCUT2D eigenvalue weighted by atomic mass is 16.2. The summed E-state index contributed by atoms with van der Waals surface area (Å²) in [7, 11) is 0. The second-order valence-corrected chi connectivity index (χ2v) is 8.69. The van der Waals surface area contributed by atoms with E-state index in [1.54, 1.807) is 23.1 Å². The lowest BCUT2D eigenvalue weighted by molar-refractivity contribution is -0.120. The van der Waals surface area contributed by atoms with Gasteiger partial charge in [0.15, 0.2) is 0 Å². The van der Waals surface area contributed by atoms with Crippen LogP contribution in [0.1, 0.15) is 43.5 Å². The van der Waals surface area contributed by atoms with Crippen LogP contribution in [-0.2, 0) is 16.1 Å². The van der Waals surface area contributed by atoms with E-state index in [1.807, 2.05) is 37.3 Å². The Bertz CT molecular complexity index is 1250. The van der Waals surface area contributed by atoms with Gasteiger partial charge < -0.3 is 14.8 Å². The molecule has 2 aromatic carbocycles. The molecule has 2 aliphatic rings. The van der Waals surface area contributed by atoms with E-state index in [9.17, 15) is 14.4 Å². The lowest BCUT2D eigenvalue weighted by atomic mass is 9.98. The van der Waals surface area contributed by atoms with Crippen molar-refractivity contribution in [1.82, 2.24) is 9.47 Å². The van der Waals surface area contributed by atoms with Crippen molar-refractivity contribution in [3.8, 4) is 0 Å². The normalized spacial score (nSPS) is 19.9. The first kappa shape index (κ1) is 20.3. The predicted molar refractivity (Wildman–Crippen MR) is 123 cm³/mol. The number of nitrogens with zero attached hydrogens (tertiary/aromatic N) is 3. The molecule has 3 heterocycles. The summed E-state index contributed by atoms with van der Waals surface area (Å²) in [6.07, 6.45) is 3.95. The van der Waals surface area contributed by atoms with Gasteiger partial charge in [-0.1, -0.05) is 19.1 Å². The molecule has 1 atom stereocenters. The maximum Gasteiger partial charge on any atom is 0.258 e. The SMILES string of the molecule is CCCn1ccc2cc(NC(=O)CN3C(=O)c4ccccc4N4C(=O)CCC34C)ccc21. The number of fused-ring (bicyclic) bond motifs is 4. The molecule has 0 bridgehead atoms. The zero-order valence-corrected chi connectivity index (χ0v) is 18.3.